The van der Waals surface area contributed by atoms with Crippen LogP contribution in [0.15, 0.2) is 29.2 Å². The molecule has 1 nitrogen and oxygen atoms in total. The van der Waals surface area contributed by atoms with Gasteiger partial charge in [-0.15, -0.1) is 0 Å². The maximum Gasteiger partial charge on any atom is 0.446 e. The normalized spacial score (nSPS) is 13.8. The van der Waals surface area contributed by atoms with Gasteiger partial charge in [0.2, 0.25) is 0 Å². The number of thioether (sulfide) groups is 1. The van der Waals surface area contributed by atoms with E-state index in [0.29, 0.717) is 6.42 Å². The number of hydrogen-bond donors (Lipinski definition) is 1. The van der Waals surface area contributed by atoms with Crippen molar-refractivity contribution in [1.29, 1.82) is 0 Å². The summed E-state index contributed by atoms with van der Waals surface area (Å²) in [7, 11) is 0. The SMILES string of the molecule is CCC(N)Cc1ccc(SC(F)(F)F)cc1. The van der Waals surface area contributed by atoms with E-state index >= 15 is 0 Å². The van der Waals surface area contributed by atoms with Gasteiger partial charge in [0.1, 0.15) is 0 Å². The van der Waals surface area contributed by atoms with Crippen molar-refractivity contribution in [3.8, 4) is 0 Å². The van der Waals surface area contributed by atoms with Crippen molar-refractivity contribution in [2.45, 2.75) is 36.2 Å². The molecule has 0 saturated carbocycles. The highest BCUT2D eigenvalue weighted by molar-refractivity contribution is 8.00. The summed E-state index contributed by atoms with van der Waals surface area (Å²) in [5.41, 5.74) is 2.51. The van der Waals surface area contributed by atoms with E-state index in [2.05, 4.69) is 0 Å². The Morgan fingerprint density at radius 2 is 1.81 bits per heavy atom. The molecule has 90 valence electrons. The van der Waals surface area contributed by atoms with Gasteiger partial charge < -0.3 is 5.73 Å². The van der Waals surface area contributed by atoms with Gasteiger partial charge >= 0.3 is 5.51 Å². The Labute approximate surface area is 97.2 Å². The predicted molar refractivity (Wildman–Crippen MR) is 60.3 cm³/mol. The highest BCUT2D eigenvalue weighted by Crippen LogP contribution is 2.36. The summed E-state index contributed by atoms with van der Waals surface area (Å²) >= 11 is -0.0972. The first-order valence-electron chi connectivity index (χ1n) is 5.01. The van der Waals surface area contributed by atoms with Crippen LogP contribution in [0.2, 0.25) is 0 Å². The van der Waals surface area contributed by atoms with Gasteiger partial charge in [-0.1, -0.05) is 19.1 Å². The Morgan fingerprint density at radius 3 is 2.25 bits per heavy atom. The zero-order valence-corrected chi connectivity index (χ0v) is 9.74. The Morgan fingerprint density at radius 1 is 1.25 bits per heavy atom. The molecule has 0 saturated heterocycles. The Hall–Kier alpha value is -0.680. The maximum atomic E-state index is 12.0. The molecule has 1 unspecified atom stereocenters. The number of rotatable bonds is 4. The monoisotopic (exact) mass is 249 g/mol. The first kappa shape index (κ1) is 13.4. The molecule has 1 atom stereocenters. The quantitative estimate of drug-likeness (QED) is 0.825. The molecule has 0 aromatic heterocycles. The lowest BCUT2D eigenvalue weighted by molar-refractivity contribution is -0.0328. The van der Waals surface area contributed by atoms with Gasteiger partial charge in [-0.05, 0) is 42.3 Å². The minimum atomic E-state index is -4.22. The molecule has 1 aromatic carbocycles. The molecular weight excluding hydrogens is 235 g/mol. The number of halogens is 3. The lowest BCUT2D eigenvalue weighted by Crippen LogP contribution is -2.21. The third-order valence-corrected chi connectivity index (χ3v) is 2.92. The largest absolute Gasteiger partial charge is 0.446 e. The van der Waals surface area contributed by atoms with E-state index < -0.39 is 5.51 Å². The van der Waals surface area contributed by atoms with Crippen molar-refractivity contribution in [2.75, 3.05) is 0 Å². The Bertz CT molecular complexity index is 321. The zero-order valence-electron chi connectivity index (χ0n) is 8.92. The highest BCUT2D eigenvalue weighted by Gasteiger charge is 2.28. The number of benzene rings is 1. The molecule has 0 heterocycles. The lowest BCUT2D eigenvalue weighted by atomic mass is 10.1. The summed E-state index contributed by atoms with van der Waals surface area (Å²) in [4.78, 5) is 0.210. The lowest BCUT2D eigenvalue weighted by Gasteiger charge is -2.09. The number of alkyl halides is 3. The molecule has 0 aliphatic rings. The van der Waals surface area contributed by atoms with Crippen LogP contribution >= 0.6 is 11.8 Å². The molecule has 16 heavy (non-hydrogen) atoms. The number of nitrogens with two attached hydrogens (primary N) is 1. The summed E-state index contributed by atoms with van der Waals surface area (Å²) in [6.07, 6.45) is 1.56. The molecule has 5 heteroatoms. The third kappa shape index (κ3) is 4.90. The average Bonchev–Trinajstić information content (AvgIpc) is 2.18. The first-order valence-corrected chi connectivity index (χ1v) is 5.82. The van der Waals surface area contributed by atoms with Crippen LogP contribution in [0.3, 0.4) is 0 Å². The molecule has 0 aliphatic carbocycles. The summed E-state index contributed by atoms with van der Waals surface area (Å²) in [6.45, 7) is 1.98. The fraction of sp³-hybridized carbons (Fsp3) is 0.455. The van der Waals surface area contributed by atoms with Gasteiger partial charge in [-0.3, -0.25) is 0 Å². The zero-order chi connectivity index (χ0) is 12.2. The van der Waals surface area contributed by atoms with Crippen molar-refractivity contribution in [3.63, 3.8) is 0 Å². The standard InChI is InChI=1S/C11H14F3NS/c1-2-9(15)7-8-3-5-10(6-4-8)16-11(12,13)14/h3-6,9H,2,7,15H2,1H3. The first-order chi connectivity index (χ1) is 7.40. The molecule has 0 bridgehead atoms. The van der Waals surface area contributed by atoms with E-state index in [0.717, 1.165) is 12.0 Å². The molecule has 2 N–H and O–H groups in total. The van der Waals surface area contributed by atoms with Gasteiger partial charge in [0.15, 0.2) is 0 Å². The summed E-state index contributed by atoms with van der Waals surface area (Å²) < 4.78 is 36.1. The smallest absolute Gasteiger partial charge is 0.327 e. The van der Waals surface area contributed by atoms with Crippen molar-refractivity contribution in [1.82, 2.24) is 0 Å². The Kier molecular flexibility index (Phi) is 4.68. The molecular formula is C11H14F3NS. The predicted octanol–water partition coefficient (Wildman–Crippen LogP) is 3.58. The molecule has 1 rings (SSSR count). The van der Waals surface area contributed by atoms with Crippen LogP contribution in [-0.4, -0.2) is 11.6 Å². The second-order valence-electron chi connectivity index (χ2n) is 3.56. The van der Waals surface area contributed by atoms with E-state index in [4.69, 9.17) is 5.73 Å². The van der Waals surface area contributed by atoms with E-state index in [-0.39, 0.29) is 22.7 Å². The van der Waals surface area contributed by atoms with Gasteiger partial charge in [-0.2, -0.15) is 13.2 Å². The second-order valence-corrected chi connectivity index (χ2v) is 4.70. The molecule has 1 aromatic rings. The summed E-state index contributed by atoms with van der Waals surface area (Å²) in [6, 6.07) is 6.43. The van der Waals surface area contributed by atoms with Crippen molar-refractivity contribution in [3.05, 3.63) is 29.8 Å². The fourth-order valence-corrected chi connectivity index (χ4v) is 1.81. The topological polar surface area (TPSA) is 26.0 Å². The molecule has 0 fully saturated rings. The van der Waals surface area contributed by atoms with Crippen molar-refractivity contribution in [2.24, 2.45) is 5.73 Å². The minimum Gasteiger partial charge on any atom is -0.327 e. The summed E-state index contributed by atoms with van der Waals surface area (Å²) in [5, 5.41) is 0. The van der Waals surface area contributed by atoms with Crippen LogP contribution in [-0.2, 0) is 6.42 Å². The van der Waals surface area contributed by atoms with Gasteiger partial charge in [-0.25, -0.2) is 0 Å². The van der Waals surface area contributed by atoms with Crippen molar-refractivity contribution < 1.29 is 13.2 Å². The average molecular weight is 249 g/mol. The van der Waals surface area contributed by atoms with E-state index in [1.807, 2.05) is 6.92 Å². The van der Waals surface area contributed by atoms with Crippen LogP contribution in [0, 0.1) is 0 Å². The summed E-state index contributed by atoms with van der Waals surface area (Å²) in [5.74, 6) is 0. The molecule has 0 spiro atoms. The van der Waals surface area contributed by atoms with Crippen LogP contribution in [0.25, 0.3) is 0 Å². The maximum absolute atomic E-state index is 12.0. The highest BCUT2D eigenvalue weighted by atomic mass is 32.2. The van der Waals surface area contributed by atoms with Crippen LogP contribution in [0.1, 0.15) is 18.9 Å². The van der Waals surface area contributed by atoms with Crippen molar-refractivity contribution >= 4 is 11.8 Å². The Balaban J connectivity index is 2.61. The second kappa shape index (κ2) is 5.59. The van der Waals surface area contributed by atoms with E-state index in [1.54, 1.807) is 12.1 Å². The van der Waals surface area contributed by atoms with Gasteiger partial charge in [0.05, 0.1) is 0 Å². The van der Waals surface area contributed by atoms with Crippen LogP contribution in [0.5, 0.6) is 0 Å². The van der Waals surface area contributed by atoms with Gasteiger partial charge in [0.25, 0.3) is 0 Å². The van der Waals surface area contributed by atoms with Crippen LogP contribution in [0.4, 0.5) is 13.2 Å². The minimum absolute atomic E-state index is 0.0705. The fourth-order valence-electron chi connectivity index (χ4n) is 1.27. The van der Waals surface area contributed by atoms with Gasteiger partial charge in [0, 0.05) is 10.9 Å². The van der Waals surface area contributed by atoms with Crippen LogP contribution < -0.4 is 5.73 Å². The number of hydrogen-bond acceptors (Lipinski definition) is 2. The molecule has 0 radical (unpaired) electrons. The van der Waals surface area contributed by atoms with E-state index in [9.17, 15) is 13.2 Å². The molecule has 0 amide bonds. The van der Waals surface area contributed by atoms with E-state index in [1.165, 1.54) is 12.1 Å². The third-order valence-electron chi connectivity index (χ3n) is 2.18. The molecule has 0 aliphatic heterocycles.